The number of rotatable bonds is 1. The van der Waals surface area contributed by atoms with Gasteiger partial charge >= 0.3 is 0 Å². The molecule has 0 unspecified atom stereocenters. The van der Waals surface area contributed by atoms with Gasteiger partial charge in [-0.15, -0.1) is 0 Å². The van der Waals surface area contributed by atoms with Crippen molar-refractivity contribution in [2.24, 2.45) is 0 Å². The van der Waals surface area contributed by atoms with Gasteiger partial charge in [0.2, 0.25) is 0 Å². The Morgan fingerprint density at radius 2 is 1.75 bits per heavy atom. The summed E-state index contributed by atoms with van der Waals surface area (Å²) in [6.45, 7) is 9.20. The third-order valence-electron chi connectivity index (χ3n) is 1.32. The van der Waals surface area contributed by atoms with Crippen LogP contribution in [0.25, 0.3) is 0 Å². The Balaban J connectivity index is 0.000000561. The topological polar surface area (TPSA) is 18.5 Å². The number of allylic oxidation sites excluding steroid dienone is 3. The summed E-state index contributed by atoms with van der Waals surface area (Å²) < 4.78 is 10.5. The Morgan fingerprint density at radius 1 is 1.17 bits per heavy atom. The third kappa shape index (κ3) is 3.46. The Labute approximate surface area is 74.9 Å². The molecule has 1 aliphatic heterocycles. The van der Waals surface area contributed by atoms with Gasteiger partial charge in [-0.3, -0.25) is 0 Å². The molecule has 1 rings (SSSR count). The van der Waals surface area contributed by atoms with Gasteiger partial charge in [-0.05, 0) is 19.9 Å². The number of hydrogen-bond acceptors (Lipinski definition) is 2. The normalized spacial score (nSPS) is 16.3. The highest BCUT2D eigenvalue weighted by Crippen LogP contribution is 2.13. The van der Waals surface area contributed by atoms with E-state index in [1.165, 1.54) is 0 Å². The largest absolute Gasteiger partial charge is 0.491 e. The van der Waals surface area contributed by atoms with Gasteiger partial charge in [-0.25, -0.2) is 0 Å². The van der Waals surface area contributed by atoms with Crippen molar-refractivity contribution >= 4 is 0 Å². The summed E-state index contributed by atoms with van der Waals surface area (Å²) in [5, 5.41) is 0. The standard InChI is InChI=1S/C8H12O2.C2H6/c1-3-4-8-7(2)9-5-6-10-8;1-2/h3-4H,5-6H2,1-2H3;1-2H3/b4-3-;. The lowest BCUT2D eigenvalue weighted by Gasteiger charge is -2.17. The SMILES string of the molecule is C/C=C\C1=C(C)OCCO1.CC. The second kappa shape index (κ2) is 6.77. The van der Waals surface area contributed by atoms with E-state index in [1.54, 1.807) is 0 Å². The molecule has 0 atom stereocenters. The van der Waals surface area contributed by atoms with Crippen LogP contribution in [0.2, 0.25) is 0 Å². The van der Waals surface area contributed by atoms with Crippen molar-refractivity contribution in [3.05, 3.63) is 23.7 Å². The van der Waals surface area contributed by atoms with Gasteiger partial charge in [0, 0.05) is 0 Å². The summed E-state index contributed by atoms with van der Waals surface area (Å²) in [5.41, 5.74) is 0. The molecule has 12 heavy (non-hydrogen) atoms. The maximum absolute atomic E-state index is 5.30. The zero-order valence-electron chi connectivity index (χ0n) is 8.39. The van der Waals surface area contributed by atoms with Crippen LogP contribution >= 0.6 is 0 Å². The fourth-order valence-electron chi connectivity index (χ4n) is 0.836. The molecule has 0 aromatic heterocycles. The molecule has 0 aliphatic carbocycles. The summed E-state index contributed by atoms with van der Waals surface area (Å²) in [7, 11) is 0. The van der Waals surface area contributed by atoms with Gasteiger partial charge in [-0.2, -0.15) is 0 Å². The van der Waals surface area contributed by atoms with Crippen LogP contribution in [0.4, 0.5) is 0 Å². The van der Waals surface area contributed by atoms with Gasteiger partial charge in [-0.1, -0.05) is 19.9 Å². The first-order valence-corrected chi connectivity index (χ1v) is 4.43. The minimum Gasteiger partial charge on any atom is -0.491 e. The molecular weight excluding hydrogens is 152 g/mol. The predicted molar refractivity (Wildman–Crippen MR) is 50.8 cm³/mol. The first-order valence-electron chi connectivity index (χ1n) is 4.43. The van der Waals surface area contributed by atoms with E-state index >= 15 is 0 Å². The van der Waals surface area contributed by atoms with Crippen LogP contribution in [0.5, 0.6) is 0 Å². The molecule has 1 aliphatic rings. The molecule has 0 N–H and O–H groups in total. The molecular formula is C10H18O2. The smallest absolute Gasteiger partial charge is 0.156 e. The third-order valence-corrected chi connectivity index (χ3v) is 1.32. The lowest BCUT2D eigenvalue weighted by Crippen LogP contribution is -2.10. The quantitative estimate of drug-likeness (QED) is 0.602. The van der Waals surface area contributed by atoms with Crippen molar-refractivity contribution in [3.8, 4) is 0 Å². The van der Waals surface area contributed by atoms with Gasteiger partial charge in [0.1, 0.15) is 19.0 Å². The van der Waals surface area contributed by atoms with Crippen LogP contribution in [0, 0.1) is 0 Å². The van der Waals surface area contributed by atoms with Crippen LogP contribution in [0.1, 0.15) is 27.7 Å². The van der Waals surface area contributed by atoms with Crippen LogP contribution < -0.4 is 0 Å². The molecule has 70 valence electrons. The Morgan fingerprint density at radius 3 is 2.25 bits per heavy atom. The van der Waals surface area contributed by atoms with Crippen molar-refractivity contribution in [2.45, 2.75) is 27.7 Å². The van der Waals surface area contributed by atoms with E-state index in [0.29, 0.717) is 13.2 Å². The average molecular weight is 170 g/mol. The summed E-state index contributed by atoms with van der Waals surface area (Å²) in [6.07, 6.45) is 3.85. The average Bonchev–Trinajstić information content (AvgIpc) is 2.13. The minimum atomic E-state index is 0.664. The summed E-state index contributed by atoms with van der Waals surface area (Å²) in [4.78, 5) is 0. The fourth-order valence-corrected chi connectivity index (χ4v) is 0.836. The molecule has 0 aromatic carbocycles. The second-order valence-electron chi connectivity index (χ2n) is 2.12. The highest BCUT2D eigenvalue weighted by molar-refractivity contribution is 5.15. The molecule has 0 saturated heterocycles. The van der Waals surface area contributed by atoms with Crippen molar-refractivity contribution in [1.29, 1.82) is 0 Å². The van der Waals surface area contributed by atoms with Crippen LogP contribution in [-0.2, 0) is 9.47 Å². The minimum absolute atomic E-state index is 0.664. The lowest BCUT2D eigenvalue weighted by molar-refractivity contribution is 0.0708. The zero-order chi connectivity index (χ0) is 9.40. The van der Waals surface area contributed by atoms with Crippen molar-refractivity contribution in [2.75, 3.05) is 13.2 Å². The van der Waals surface area contributed by atoms with Gasteiger partial charge in [0.15, 0.2) is 5.76 Å². The van der Waals surface area contributed by atoms with Gasteiger partial charge in [0.05, 0.1) is 0 Å². The van der Waals surface area contributed by atoms with Gasteiger partial charge < -0.3 is 9.47 Å². The second-order valence-corrected chi connectivity index (χ2v) is 2.12. The monoisotopic (exact) mass is 170 g/mol. The maximum atomic E-state index is 5.30. The number of hydrogen-bond donors (Lipinski definition) is 0. The van der Waals surface area contributed by atoms with E-state index in [9.17, 15) is 0 Å². The van der Waals surface area contributed by atoms with Crippen molar-refractivity contribution in [3.63, 3.8) is 0 Å². The Kier molecular flexibility index (Phi) is 6.25. The molecule has 2 nitrogen and oxygen atoms in total. The summed E-state index contributed by atoms with van der Waals surface area (Å²) in [6, 6.07) is 0. The molecule has 0 amide bonds. The van der Waals surface area contributed by atoms with E-state index in [4.69, 9.17) is 9.47 Å². The van der Waals surface area contributed by atoms with Crippen LogP contribution in [-0.4, -0.2) is 13.2 Å². The Hall–Kier alpha value is -0.920. The maximum Gasteiger partial charge on any atom is 0.156 e. The highest BCUT2D eigenvalue weighted by atomic mass is 16.6. The van der Waals surface area contributed by atoms with Crippen LogP contribution in [0.15, 0.2) is 23.7 Å². The first-order chi connectivity index (χ1) is 5.84. The molecule has 0 spiro atoms. The summed E-state index contributed by atoms with van der Waals surface area (Å²) in [5.74, 6) is 1.73. The molecule has 2 heteroatoms. The molecule has 0 bridgehead atoms. The van der Waals surface area contributed by atoms with Crippen molar-refractivity contribution < 1.29 is 9.47 Å². The summed E-state index contributed by atoms with van der Waals surface area (Å²) >= 11 is 0. The van der Waals surface area contributed by atoms with Crippen molar-refractivity contribution in [1.82, 2.24) is 0 Å². The molecule has 0 fully saturated rings. The fraction of sp³-hybridized carbons (Fsp3) is 0.600. The lowest BCUT2D eigenvalue weighted by atomic mass is 10.3. The molecule has 0 aromatic rings. The van der Waals surface area contributed by atoms with E-state index in [-0.39, 0.29) is 0 Å². The number of ether oxygens (including phenoxy) is 2. The Bertz CT molecular complexity index is 169. The molecule has 0 saturated carbocycles. The highest BCUT2D eigenvalue weighted by Gasteiger charge is 2.06. The van der Waals surface area contributed by atoms with E-state index < -0.39 is 0 Å². The molecule has 0 radical (unpaired) electrons. The van der Waals surface area contributed by atoms with E-state index in [0.717, 1.165) is 11.5 Å². The van der Waals surface area contributed by atoms with E-state index in [1.807, 2.05) is 39.8 Å². The van der Waals surface area contributed by atoms with Crippen LogP contribution in [0.3, 0.4) is 0 Å². The first kappa shape index (κ1) is 11.1. The molecule has 1 heterocycles. The van der Waals surface area contributed by atoms with Gasteiger partial charge in [0.25, 0.3) is 0 Å². The zero-order valence-corrected chi connectivity index (χ0v) is 8.39. The van der Waals surface area contributed by atoms with E-state index in [2.05, 4.69) is 0 Å². The predicted octanol–water partition coefficient (Wildman–Crippen LogP) is 2.87.